The second kappa shape index (κ2) is 11.0. The van der Waals surface area contributed by atoms with E-state index in [9.17, 15) is 9.59 Å². The monoisotopic (exact) mass is 474 g/mol. The number of esters is 1. The summed E-state index contributed by atoms with van der Waals surface area (Å²) in [7, 11) is 1.58. The van der Waals surface area contributed by atoms with Crippen LogP contribution in [0.25, 0.3) is 11.4 Å². The molecular weight excluding hydrogens is 452 g/mol. The molecule has 1 aromatic heterocycles. The molecule has 1 N–H and O–H groups in total. The lowest BCUT2D eigenvalue weighted by atomic mass is 10.2. The summed E-state index contributed by atoms with van der Waals surface area (Å²) in [5, 5.41) is 12.5. The van der Waals surface area contributed by atoms with Crippen molar-refractivity contribution in [2.45, 2.75) is 25.5 Å². The van der Waals surface area contributed by atoms with Crippen molar-refractivity contribution in [2.75, 3.05) is 24.8 Å². The molecule has 0 aliphatic rings. The van der Waals surface area contributed by atoms with E-state index < -0.39 is 5.97 Å². The van der Waals surface area contributed by atoms with E-state index in [1.54, 1.807) is 56.5 Å². The minimum absolute atomic E-state index is 0.143. The van der Waals surface area contributed by atoms with Gasteiger partial charge >= 0.3 is 5.97 Å². The summed E-state index contributed by atoms with van der Waals surface area (Å²) in [6, 6.07) is 11.8. The van der Waals surface area contributed by atoms with Crippen LogP contribution >= 0.6 is 23.4 Å². The minimum atomic E-state index is -0.396. The molecule has 10 heteroatoms. The van der Waals surface area contributed by atoms with Crippen molar-refractivity contribution in [1.29, 1.82) is 0 Å². The first kappa shape index (κ1) is 23.6. The van der Waals surface area contributed by atoms with Crippen molar-refractivity contribution in [1.82, 2.24) is 14.8 Å². The molecule has 0 fully saturated rings. The number of nitrogens with one attached hydrogen (secondary N) is 1. The fourth-order valence-corrected chi connectivity index (χ4v) is 3.94. The van der Waals surface area contributed by atoms with Gasteiger partial charge in [0.2, 0.25) is 5.91 Å². The summed E-state index contributed by atoms with van der Waals surface area (Å²) in [6.45, 7) is 4.64. The molecule has 0 aliphatic heterocycles. The van der Waals surface area contributed by atoms with Crippen molar-refractivity contribution in [3.05, 3.63) is 53.1 Å². The molecule has 0 saturated carbocycles. The summed E-state index contributed by atoms with van der Waals surface area (Å²) >= 11 is 7.43. The Bertz CT molecular complexity index is 1100. The van der Waals surface area contributed by atoms with Crippen LogP contribution in [0.4, 0.5) is 5.69 Å². The Hall–Kier alpha value is -3.04. The normalized spacial score (nSPS) is 10.6. The van der Waals surface area contributed by atoms with E-state index in [0.717, 1.165) is 5.56 Å². The summed E-state index contributed by atoms with van der Waals surface area (Å²) in [5.74, 6) is 0.796. The molecule has 8 nitrogen and oxygen atoms in total. The number of hydrogen-bond donors (Lipinski definition) is 1. The first-order valence-corrected chi connectivity index (χ1v) is 11.3. The van der Waals surface area contributed by atoms with Gasteiger partial charge in [0.15, 0.2) is 11.0 Å². The van der Waals surface area contributed by atoms with Gasteiger partial charge in [-0.15, -0.1) is 10.2 Å². The zero-order chi connectivity index (χ0) is 23.1. The smallest absolute Gasteiger partial charge is 0.338 e. The maximum absolute atomic E-state index is 12.4. The summed E-state index contributed by atoms with van der Waals surface area (Å²) in [6.07, 6.45) is 0. The van der Waals surface area contributed by atoms with Crippen molar-refractivity contribution >= 4 is 40.9 Å². The Balaban J connectivity index is 1.67. The lowest BCUT2D eigenvalue weighted by Crippen LogP contribution is -2.15. The average Bonchev–Trinajstić information content (AvgIpc) is 3.21. The van der Waals surface area contributed by atoms with Crippen molar-refractivity contribution in [2.24, 2.45) is 0 Å². The van der Waals surface area contributed by atoms with Gasteiger partial charge in [0, 0.05) is 17.3 Å². The molecule has 3 rings (SSSR count). The van der Waals surface area contributed by atoms with Crippen molar-refractivity contribution in [3.8, 4) is 17.1 Å². The van der Waals surface area contributed by atoms with Crippen LogP contribution in [0.15, 0.2) is 47.6 Å². The van der Waals surface area contributed by atoms with E-state index in [1.807, 2.05) is 11.5 Å². The molecule has 0 bridgehead atoms. The largest absolute Gasteiger partial charge is 0.496 e. The van der Waals surface area contributed by atoms with Crippen LogP contribution in [0, 0.1) is 0 Å². The Morgan fingerprint density at radius 2 is 1.88 bits per heavy atom. The van der Waals surface area contributed by atoms with E-state index in [-0.39, 0.29) is 11.7 Å². The number of carbonyl (C=O) groups is 2. The Kier molecular flexibility index (Phi) is 8.13. The second-order valence-electron chi connectivity index (χ2n) is 6.53. The molecule has 0 atom stereocenters. The van der Waals surface area contributed by atoms with E-state index in [2.05, 4.69) is 15.5 Å². The molecule has 0 spiro atoms. The van der Waals surface area contributed by atoms with Crippen LogP contribution in [0.2, 0.25) is 5.02 Å². The fourth-order valence-electron chi connectivity index (χ4n) is 2.97. The number of rotatable bonds is 9. The number of anilines is 1. The van der Waals surface area contributed by atoms with Gasteiger partial charge in [-0.2, -0.15) is 0 Å². The number of ether oxygens (including phenoxy) is 2. The van der Waals surface area contributed by atoms with Crippen LogP contribution in [0.3, 0.4) is 0 Å². The quantitative estimate of drug-likeness (QED) is 0.359. The number of amides is 1. The molecule has 32 heavy (non-hydrogen) atoms. The first-order valence-electron chi connectivity index (χ1n) is 9.93. The predicted octanol–water partition coefficient (Wildman–Crippen LogP) is 4.53. The number of halogens is 1. The molecule has 3 aromatic rings. The number of aromatic nitrogens is 3. The second-order valence-corrected chi connectivity index (χ2v) is 7.91. The van der Waals surface area contributed by atoms with Gasteiger partial charge in [-0.1, -0.05) is 23.4 Å². The number of nitrogens with zero attached hydrogens (tertiary/aromatic N) is 3. The molecule has 1 heterocycles. The highest BCUT2D eigenvalue weighted by Gasteiger charge is 2.18. The van der Waals surface area contributed by atoms with Gasteiger partial charge in [-0.25, -0.2) is 4.79 Å². The van der Waals surface area contributed by atoms with Crippen LogP contribution in [-0.4, -0.2) is 46.1 Å². The molecule has 0 saturated heterocycles. The van der Waals surface area contributed by atoms with Crippen LogP contribution in [0.5, 0.6) is 5.75 Å². The lowest BCUT2D eigenvalue weighted by Gasteiger charge is -2.11. The zero-order valence-electron chi connectivity index (χ0n) is 17.9. The van der Waals surface area contributed by atoms with E-state index in [0.29, 0.717) is 46.2 Å². The SMILES string of the molecule is CCOC(=O)c1ccc(NC(=O)CSc2nnc(-c3cc(Cl)ccc3OC)n2CC)cc1. The van der Waals surface area contributed by atoms with Gasteiger partial charge in [-0.3, -0.25) is 4.79 Å². The van der Waals surface area contributed by atoms with Gasteiger partial charge < -0.3 is 19.4 Å². The number of thioether (sulfide) groups is 1. The summed E-state index contributed by atoms with van der Waals surface area (Å²) in [5.41, 5.74) is 1.75. The molecule has 0 unspecified atom stereocenters. The standard InChI is InChI=1S/C22H23ClN4O4S/c1-4-27-20(17-12-15(23)8-11-18(17)30-3)25-26-22(27)32-13-19(28)24-16-9-6-14(7-10-16)21(29)31-5-2/h6-12H,4-5,13H2,1-3H3,(H,24,28). The topological polar surface area (TPSA) is 95.3 Å². The molecule has 0 radical (unpaired) electrons. The number of hydrogen-bond acceptors (Lipinski definition) is 7. The van der Waals surface area contributed by atoms with Crippen LogP contribution in [0.1, 0.15) is 24.2 Å². The summed E-state index contributed by atoms with van der Waals surface area (Å²) < 4.78 is 12.3. The highest BCUT2D eigenvalue weighted by molar-refractivity contribution is 7.99. The Morgan fingerprint density at radius 3 is 2.53 bits per heavy atom. The van der Waals surface area contributed by atoms with Gasteiger partial charge in [0.05, 0.1) is 30.6 Å². The number of methoxy groups -OCH3 is 1. The maximum Gasteiger partial charge on any atom is 0.338 e. The molecule has 1 amide bonds. The predicted molar refractivity (Wildman–Crippen MR) is 124 cm³/mol. The van der Waals surface area contributed by atoms with Gasteiger partial charge in [-0.05, 0) is 56.3 Å². The van der Waals surface area contributed by atoms with E-state index >= 15 is 0 Å². The van der Waals surface area contributed by atoms with Gasteiger partial charge in [0.1, 0.15) is 5.75 Å². The molecule has 168 valence electrons. The highest BCUT2D eigenvalue weighted by Crippen LogP contribution is 2.33. The Labute approximate surface area is 195 Å². The van der Waals surface area contributed by atoms with Crippen LogP contribution < -0.4 is 10.1 Å². The number of carbonyl (C=O) groups excluding carboxylic acids is 2. The summed E-state index contributed by atoms with van der Waals surface area (Å²) in [4.78, 5) is 24.1. The molecular formula is C22H23ClN4O4S. The maximum atomic E-state index is 12.4. The van der Waals surface area contributed by atoms with E-state index in [4.69, 9.17) is 21.1 Å². The van der Waals surface area contributed by atoms with Crippen molar-refractivity contribution < 1.29 is 19.1 Å². The average molecular weight is 475 g/mol. The first-order chi connectivity index (χ1) is 15.5. The third kappa shape index (κ3) is 5.60. The minimum Gasteiger partial charge on any atom is -0.496 e. The van der Waals surface area contributed by atoms with Gasteiger partial charge in [0.25, 0.3) is 0 Å². The molecule has 0 aliphatic carbocycles. The third-order valence-electron chi connectivity index (χ3n) is 4.45. The van der Waals surface area contributed by atoms with Crippen molar-refractivity contribution in [3.63, 3.8) is 0 Å². The zero-order valence-corrected chi connectivity index (χ0v) is 19.5. The third-order valence-corrected chi connectivity index (χ3v) is 5.65. The van der Waals surface area contributed by atoms with E-state index in [1.165, 1.54) is 11.8 Å². The Morgan fingerprint density at radius 1 is 1.12 bits per heavy atom. The van der Waals surface area contributed by atoms with Crippen LogP contribution in [-0.2, 0) is 16.1 Å². The number of benzene rings is 2. The molecule has 2 aromatic carbocycles. The fraction of sp³-hybridized carbons (Fsp3) is 0.273. The lowest BCUT2D eigenvalue weighted by molar-refractivity contribution is -0.113. The highest BCUT2D eigenvalue weighted by atomic mass is 35.5.